The molecule has 2 aromatic rings. The molecule has 2 rings (SSSR count). The topological polar surface area (TPSA) is 69.6 Å². The summed E-state index contributed by atoms with van der Waals surface area (Å²) in [4.78, 5) is 8.21. The van der Waals surface area contributed by atoms with Gasteiger partial charge in [-0.1, -0.05) is 0 Å². The Morgan fingerprint density at radius 1 is 1.43 bits per heavy atom. The van der Waals surface area contributed by atoms with Gasteiger partial charge in [-0.25, -0.2) is 14.6 Å². The van der Waals surface area contributed by atoms with Gasteiger partial charge in [0.2, 0.25) is 0 Å². The van der Waals surface area contributed by atoms with Crippen LogP contribution < -0.4 is 5.73 Å². The quantitative estimate of drug-likeness (QED) is 0.719. The average molecular weight is 189 g/mol. The van der Waals surface area contributed by atoms with Crippen LogP contribution in [0.4, 0.5) is 5.82 Å². The Morgan fingerprint density at radius 2 is 2.21 bits per heavy atom. The molecule has 2 N–H and O–H groups in total. The highest BCUT2D eigenvalue weighted by Gasteiger charge is 2.06. The van der Waals surface area contributed by atoms with E-state index in [9.17, 15) is 0 Å². The molecule has 5 heteroatoms. The first kappa shape index (κ1) is 8.68. The maximum absolute atomic E-state index is 5.58. The molecule has 0 aliphatic rings. The second kappa shape index (κ2) is 3.10. The lowest BCUT2D eigenvalue weighted by atomic mass is 10.2. The van der Waals surface area contributed by atoms with Crippen LogP contribution in [0.5, 0.6) is 0 Å². The van der Waals surface area contributed by atoms with Crippen LogP contribution in [0.25, 0.3) is 11.4 Å². The van der Waals surface area contributed by atoms with Crippen molar-refractivity contribution in [3.63, 3.8) is 0 Å². The molecule has 0 amide bonds. The van der Waals surface area contributed by atoms with Crippen LogP contribution in [0, 0.1) is 6.92 Å². The van der Waals surface area contributed by atoms with E-state index in [1.54, 1.807) is 16.9 Å². The summed E-state index contributed by atoms with van der Waals surface area (Å²) in [5, 5.41) is 4.16. The summed E-state index contributed by atoms with van der Waals surface area (Å²) in [6.45, 7) is 1.86. The maximum atomic E-state index is 5.58. The number of hydrogen-bond acceptors (Lipinski definition) is 4. The molecule has 0 bridgehead atoms. The van der Waals surface area contributed by atoms with Crippen LogP contribution >= 0.6 is 0 Å². The summed E-state index contributed by atoms with van der Waals surface area (Å²) < 4.78 is 1.73. The molecule has 0 saturated carbocycles. The monoisotopic (exact) mass is 189 g/mol. The molecule has 0 aromatic carbocycles. The lowest BCUT2D eigenvalue weighted by Crippen LogP contribution is -1.96. The third-order valence-corrected chi connectivity index (χ3v) is 1.91. The van der Waals surface area contributed by atoms with E-state index in [4.69, 9.17) is 5.73 Å². The second-order valence-electron chi connectivity index (χ2n) is 3.08. The van der Waals surface area contributed by atoms with Gasteiger partial charge in [-0.3, -0.25) is 0 Å². The average Bonchev–Trinajstić information content (AvgIpc) is 2.45. The molecule has 0 aliphatic heterocycles. The molecule has 72 valence electrons. The van der Waals surface area contributed by atoms with Crippen molar-refractivity contribution >= 4 is 5.82 Å². The van der Waals surface area contributed by atoms with Gasteiger partial charge < -0.3 is 5.73 Å². The third-order valence-electron chi connectivity index (χ3n) is 1.91. The molecule has 2 aromatic heterocycles. The Balaban J connectivity index is 2.54. The first-order chi connectivity index (χ1) is 6.66. The van der Waals surface area contributed by atoms with E-state index in [1.165, 1.54) is 0 Å². The molecule has 0 atom stereocenters. The van der Waals surface area contributed by atoms with Crippen molar-refractivity contribution in [3.05, 3.63) is 24.2 Å². The summed E-state index contributed by atoms with van der Waals surface area (Å²) >= 11 is 0. The number of aromatic nitrogens is 4. The van der Waals surface area contributed by atoms with Crippen molar-refractivity contribution in [2.24, 2.45) is 7.05 Å². The normalized spacial score (nSPS) is 10.4. The standard InChI is InChI=1S/C9H11N5/c1-6-12-9(14(2)13-6)7-3-4-11-8(10)5-7/h3-5H,1-2H3,(H2,10,11). The second-order valence-corrected chi connectivity index (χ2v) is 3.08. The number of aryl methyl sites for hydroxylation is 2. The molecule has 0 radical (unpaired) electrons. The Labute approximate surface area is 81.6 Å². The zero-order valence-electron chi connectivity index (χ0n) is 8.10. The number of nitrogen functional groups attached to an aromatic ring is 1. The summed E-state index contributed by atoms with van der Waals surface area (Å²) in [5.74, 6) is 2.04. The molecular weight excluding hydrogens is 178 g/mol. The number of rotatable bonds is 1. The molecular formula is C9H11N5. The smallest absolute Gasteiger partial charge is 0.158 e. The fourth-order valence-electron chi connectivity index (χ4n) is 1.35. The van der Waals surface area contributed by atoms with E-state index in [1.807, 2.05) is 20.0 Å². The lowest BCUT2D eigenvalue weighted by Gasteiger charge is -1.99. The predicted octanol–water partition coefficient (Wildman–Crippen LogP) is 0.768. The van der Waals surface area contributed by atoms with Crippen LogP contribution in [0.2, 0.25) is 0 Å². The van der Waals surface area contributed by atoms with E-state index in [-0.39, 0.29) is 0 Å². The third kappa shape index (κ3) is 1.44. The van der Waals surface area contributed by atoms with Crippen molar-refractivity contribution in [1.29, 1.82) is 0 Å². The van der Waals surface area contributed by atoms with Gasteiger partial charge in [0.1, 0.15) is 11.6 Å². The Morgan fingerprint density at radius 3 is 2.79 bits per heavy atom. The minimum atomic E-state index is 0.489. The fourth-order valence-corrected chi connectivity index (χ4v) is 1.35. The van der Waals surface area contributed by atoms with Gasteiger partial charge in [-0.05, 0) is 19.1 Å². The van der Waals surface area contributed by atoms with E-state index >= 15 is 0 Å². The van der Waals surface area contributed by atoms with Crippen molar-refractivity contribution in [2.75, 3.05) is 5.73 Å². The van der Waals surface area contributed by atoms with Crippen molar-refractivity contribution in [1.82, 2.24) is 19.7 Å². The van der Waals surface area contributed by atoms with Crippen LogP contribution in [-0.4, -0.2) is 19.7 Å². The molecule has 0 fully saturated rings. The van der Waals surface area contributed by atoms with Crippen molar-refractivity contribution in [3.8, 4) is 11.4 Å². The zero-order chi connectivity index (χ0) is 10.1. The van der Waals surface area contributed by atoms with Gasteiger partial charge >= 0.3 is 0 Å². The van der Waals surface area contributed by atoms with E-state index in [0.29, 0.717) is 5.82 Å². The minimum Gasteiger partial charge on any atom is -0.384 e. The van der Waals surface area contributed by atoms with Gasteiger partial charge in [0.25, 0.3) is 0 Å². The van der Waals surface area contributed by atoms with Gasteiger partial charge in [0, 0.05) is 18.8 Å². The predicted molar refractivity (Wildman–Crippen MR) is 53.4 cm³/mol. The van der Waals surface area contributed by atoms with E-state index in [0.717, 1.165) is 17.2 Å². The molecule has 0 saturated heterocycles. The highest BCUT2D eigenvalue weighted by molar-refractivity contribution is 5.58. The molecule has 0 unspecified atom stereocenters. The maximum Gasteiger partial charge on any atom is 0.158 e. The number of anilines is 1. The molecule has 0 aliphatic carbocycles. The fraction of sp³-hybridized carbons (Fsp3) is 0.222. The molecule has 14 heavy (non-hydrogen) atoms. The summed E-state index contributed by atoms with van der Waals surface area (Å²) in [5.41, 5.74) is 6.52. The first-order valence-corrected chi connectivity index (χ1v) is 4.26. The van der Waals surface area contributed by atoms with Crippen LogP contribution in [0.3, 0.4) is 0 Å². The lowest BCUT2D eigenvalue weighted by molar-refractivity contribution is 0.764. The number of hydrogen-bond donors (Lipinski definition) is 1. The molecule has 0 spiro atoms. The zero-order valence-corrected chi connectivity index (χ0v) is 8.10. The Hall–Kier alpha value is -1.91. The van der Waals surface area contributed by atoms with Gasteiger partial charge in [0.05, 0.1) is 0 Å². The minimum absolute atomic E-state index is 0.489. The van der Waals surface area contributed by atoms with Gasteiger partial charge in [0.15, 0.2) is 5.82 Å². The van der Waals surface area contributed by atoms with Crippen LogP contribution in [-0.2, 0) is 7.05 Å². The van der Waals surface area contributed by atoms with Gasteiger partial charge in [-0.2, -0.15) is 5.10 Å². The summed E-state index contributed by atoms with van der Waals surface area (Å²) in [6, 6.07) is 3.64. The summed E-state index contributed by atoms with van der Waals surface area (Å²) in [6.07, 6.45) is 1.66. The number of nitrogens with zero attached hydrogens (tertiary/aromatic N) is 4. The first-order valence-electron chi connectivity index (χ1n) is 4.26. The number of nitrogens with two attached hydrogens (primary N) is 1. The van der Waals surface area contributed by atoms with E-state index in [2.05, 4.69) is 15.1 Å². The number of pyridine rings is 1. The molecule has 5 nitrogen and oxygen atoms in total. The van der Waals surface area contributed by atoms with Crippen molar-refractivity contribution in [2.45, 2.75) is 6.92 Å². The van der Waals surface area contributed by atoms with Crippen LogP contribution in [0.15, 0.2) is 18.3 Å². The molecule has 2 heterocycles. The van der Waals surface area contributed by atoms with Crippen molar-refractivity contribution < 1.29 is 0 Å². The van der Waals surface area contributed by atoms with Crippen LogP contribution in [0.1, 0.15) is 5.82 Å². The highest BCUT2D eigenvalue weighted by atomic mass is 15.3. The largest absolute Gasteiger partial charge is 0.384 e. The Bertz CT molecular complexity index is 460. The Kier molecular flexibility index (Phi) is 1.92. The van der Waals surface area contributed by atoms with Gasteiger partial charge in [-0.15, -0.1) is 0 Å². The summed E-state index contributed by atoms with van der Waals surface area (Å²) in [7, 11) is 1.85. The highest BCUT2D eigenvalue weighted by Crippen LogP contribution is 2.17. The SMILES string of the molecule is Cc1nc(-c2ccnc(N)c2)n(C)n1. The van der Waals surface area contributed by atoms with E-state index < -0.39 is 0 Å².